The van der Waals surface area contributed by atoms with E-state index in [1.54, 1.807) is 24.3 Å². The van der Waals surface area contributed by atoms with E-state index in [9.17, 15) is 15.0 Å². The highest BCUT2D eigenvalue weighted by Gasteiger charge is 2.17. The zero-order chi connectivity index (χ0) is 15.1. The summed E-state index contributed by atoms with van der Waals surface area (Å²) < 4.78 is 0. The highest BCUT2D eigenvalue weighted by atomic mass is 16.3. The molecule has 0 heterocycles. The third-order valence-electron chi connectivity index (χ3n) is 2.57. The number of hydrogen-bond donors (Lipinski definition) is 3. The molecule has 4 heteroatoms. The molecule has 0 aliphatic heterocycles. The third kappa shape index (κ3) is 3.75. The van der Waals surface area contributed by atoms with Crippen molar-refractivity contribution in [2.24, 2.45) is 0 Å². The van der Waals surface area contributed by atoms with Gasteiger partial charge in [-0.2, -0.15) is 0 Å². The molecule has 0 saturated carbocycles. The number of Topliss-reactive ketones (excluding diaryl/α,β-unsaturated/α-hetero) is 1. The van der Waals surface area contributed by atoms with E-state index in [0.717, 1.165) is 17.7 Å². The Morgan fingerprint density at radius 2 is 1.45 bits per heavy atom. The summed E-state index contributed by atoms with van der Waals surface area (Å²) in [6, 6.07) is 11.1. The first-order valence-corrected chi connectivity index (χ1v) is 6.40. The Bertz CT molecular complexity index is 553. The minimum absolute atomic E-state index is 0.0761. The zero-order valence-corrected chi connectivity index (χ0v) is 11.5. The Kier molecular flexibility index (Phi) is 5.59. The van der Waals surface area contributed by atoms with Crippen LogP contribution >= 0.6 is 0 Å². The van der Waals surface area contributed by atoms with Gasteiger partial charge in [-0.1, -0.05) is 44.2 Å². The molecule has 0 fully saturated rings. The number of carbonyl (C=O) groups excluding carboxylic acids is 1. The molecule has 0 atom stereocenters. The SMILES string of the molecule is CC.O=C(Cc1ccccc1)c1c(O)cc(O)cc1O. The van der Waals surface area contributed by atoms with Gasteiger partial charge in [0.2, 0.25) is 0 Å². The Balaban J connectivity index is 0.000000956. The maximum absolute atomic E-state index is 12.0. The molecule has 0 spiro atoms. The average molecular weight is 274 g/mol. The van der Waals surface area contributed by atoms with E-state index in [1.165, 1.54) is 0 Å². The molecule has 0 aromatic heterocycles. The summed E-state index contributed by atoms with van der Waals surface area (Å²) >= 11 is 0. The molecule has 2 rings (SSSR count). The Morgan fingerprint density at radius 3 is 1.95 bits per heavy atom. The Hall–Kier alpha value is -2.49. The number of hydrogen-bond acceptors (Lipinski definition) is 4. The van der Waals surface area contributed by atoms with Crippen molar-refractivity contribution in [3.05, 3.63) is 53.6 Å². The Morgan fingerprint density at radius 1 is 0.950 bits per heavy atom. The molecule has 0 amide bonds. The van der Waals surface area contributed by atoms with E-state index in [-0.39, 0.29) is 17.7 Å². The van der Waals surface area contributed by atoms with E-state index in [2.05, 4.69) is 0 Å². The minimum Gasteiger partial charge on any atom is -0.508 e. The predicted molar refractivity (Wildman–Crippen MR) is 77.3 cm³/mol. The maximum Gasteiger partial charge on any atom is 0.174 e. The second kappa shape index (κ2) is 7.19. The molecule has 4 nitrogen and oxygen atoms in total. The summed E-state index contributed by atoms with van der Waals surface area (Å²) in [4.78, 5) is 12.0. The van der Waals surface area contributed by atoms with Gasteiger partial charge in [0.1, 0.15) is 22.8 Å². The lowest BCUT2D eigenvalue weighted by Crippen LogP contribution is -2.04. The molecule has 0 aliphatic carbocycles. The van der Waals surface area contributed by atoms with E-state index < -0.39 is 17.3 Å². The Labute approximate surface area is 117 Å². The number of benzene rings is 2. The van der Waals surface area contributed by atoms with Crippen molar-refractivity contribution in [2.45, 2.75) is 20.3 Å². The van der Waals surface area contributed by atoms with Gasteiger partial charge in [-0.05, 0) is 5.56 Å². The van der Waals surface area contributed by atoms with Crippen LogP contribution in [-0.4, -0.2) is 21.1 Å². The molecule has 0 radical (unpaired) electrons. The average Bonchev–Trinajstić information content (AvgIpc) is 2.41. The van der Waals surface area contributed by atoms with E-state index in [1.807, 2.05) is 19.9 Å². The second-order valence-corrected chi connectivity index (χ2v) is 3.94. The summed E-state index contributed by atoms with van der Waals surface area (Å²) in [6.07, 6.45) is 0.0761. The number of aromatic hydroxyl groups is 3. The first-order chi connectivity index (χ1) is 9.58. The van der Waals surface area contributed by atoms with Crippen LogP contribution in [0.2, 0.25) is 0 Å². The van der Waals surface area contributed by atoms with Crippen molar-refractivity contribution >= 4 is 5.78 Å². The van der Waals surface area contributed by atoms with Gasteiger partial charge in [-0.15, -0.1) is 0 Å². The molecule has 2 aromatic carbocycles. The van der Waals surface area contributed by atoms with Gasteiger partial charge in [-0.3, -0.25) is 4.79 Å². The van der Waals surface area contributed by atoms with Crippen molar-refractivity contribution in [3.63, 3.8) is 0 Å². The fourth-order valence-electron chi connectivity index (χ4n) is 1.75. The van der Waals surface area contributed by atoms with Crippen molar-refractivity contribution in [1.82, 2.24) is 0 Å². The first kappa shape index (κ1) is 15.6. The number of phenols is 3. The maximum atomic E-state index is 12.0. The van der Waals surface area contributed by atoms with Crippen LogP contribution in [0.1, 0.15) is 29.8 Å². The van der Waals surface area contributed by atoms with Crippen LogP contribution in [0.3, 0.4) is 0 Å². The van der Waals surface area contributed by atoms with E-state index >= 15 is 0 Å². The number of ketones is 1. The van der Waals surface area contributed by atoms with Crippen molar-refractivity contribution in [1.29, 1.82) is 0 Å². The molecule has 20 heavy (non-hydrogen) atoms. The molecule has 0 unspecified atom stereocenters. The standard InChI is InChI=1S/C14H12O4.C2H6/c15-10-7-12(17)14(13(18)8-10)11(16)6-9-4-2-1-3-5-9;1-2/h1-5,7-8,15,17-18H,6H2;1-2H3. The largest absolute Gasteiger partial charge is 0.508 e. The van der Waals surface area contributed by atoms with E-state index in [0.29, 0.717) is 0 Å². The summed E-state index contributed by atoms with van der Waals surface area (Å²) in [5.74, 6) is -1.54. The van der Waals surface area contributed by atoms with Crippen LogP contribution in [0.5, 0.6) is 17.2 Å². The van der Waals surface area contributed by atoms with Gasteiger partial charge in [0.15, 0.2) is 5.78 Å². The van der Waals surface area contributed by atoms with Gasteiger partial charge in [0.05, 0.1) is 0 Å². The van der Waals surface area contributed by atoms with Crippen LogP contribution in [0, 0.1) is 0 Å². The number of carbonyl (C=O) groups is 1. The number of phenolic OH excluding ortho intramolecular Hbond substituents is 3. The van der Waals surface area contributed by atoms with Gasteiger partial charge in [-0.25, -0.2) is 0 Å². The van der Waals surface area contributed by atoms with Crippen LogP contribution in [0.4, 0.5) is 0 Å². The quantitative estimate of drug-likeness (QED) is 0.751. The summed E-state index contributed by atoms with van der Waals surface area (Å²) in [5.41, 5.74) is 0.617. The lowest BCUT2D eigenvalue weighted by molar-refractivity contribution is 0.0987. The predicted octanol–water partition coefficient (Wildman–Crippen LogP) is 3.26. The minimum atomic E-state index is -0.423. The molecule has 0 saturated heterocycles. The topological polar surface area (TPSA) is 77.8 Å². The summed E-state index contributed by atoms with van der Waals surface area (Å²) in [6.45, 7) is 4.00. The fraction of sp³-hybridized carbons (Fsp3) is 0.188. The second-order valence-electron chi connectivity index (χ2n) is 3.94. The van der Waals surface area contributed by atoms with Crippen LogP contribution in [-0.2, 0) is 6.42 Å². The van der Waals surface area contributed by atoms with Crippen LogP contribution in [0.15, 0.2) is 42.5 Å². The molecule has 106 valence electrons. The molecular weight excluding hydrogens is 256 g/mol. The van der Waals surface area contributed by atoms with Crippen LogP contribution in [0.25, 0.3) is 0 Å². The van der Waals surface area contributed by atoms with Gasteiger partial charge in [0.25, 0.3) is 0 Å². The zero-order valence-electron chi connectivity index (χ0n) is 11.5. The number of rotatable bonds is 3. The van der Waals surface area contributed by atoms with Crippen molar-refractivity contribution in [3.8, 4) is 17.2 Å². The van der Waals surface area contributed by atoms with Crippen molar-refractivity contribution in [2.75, 3.05) is 0 Å². The molecular formula is C16H18O4. The summed E-state index contributed by atoms with van der Waals surface area (Å²) in [7, 11) is 0. The van der Waals surface area contributed by atoms with Crippen LogP contribution < -0.4 is 0 Å². The van der Waals surface area contributed by atoms with Crippen molar-refractivity contribution < 1.29 is 20.1 Å². The lowest BCUT2D eigenvalue weighted by atomic mass is 10.0. The highest BCUT2D eigenvalue weighted by molar-refractivity contribution is 6.02. The van der Waals surface area contributed by atoms with Gasteiger partial charge >= 0.3 is 0 Å². The fourth-order valence-corrected chi connectivity index (χ4v) is 1.75. The molecule has 3 N–H and O–H groups in total. The summed E-state index contributed by atoms with van der Waals surface area (Å²) in [5, 5.41) is 28.3. The third-order valence-corrected chi connectivity index (χ3v) is 2.57. The van der Waals surface area contributed by atoms with Gasteiger partial charge in [0, 0.05) is 18.6 Å². The molecule has 2 aromatic rings. The highest BCUT2D eigenvalue weighted by Crippen LogP contribution is 2.32. The van der Waals surface area contributed by atoms with E-state index in [4.69, 9.17) is 5.11 Å². The smallest absolute Gasteiger partial charge is 0.174 e. The molecule has 0 bridgehead atoms. The van der Waals surface area contributed by atoms with Gasteiger partial charge < -0.3 is 15.3 Å². The molecule has 0 aliphatic rings. The lowest BCUT2D eigenvalue weighted by Gasteiger charge is -2.07. The normalized spacial score (nSPS) is 9.50. The first-order valence-electron chi connectivity index (χ1n) is 6.40. The monoisotopic (exact) mass is 274 g/mol.